The molecule has 2 aromatic carbocycles. The van der Waals surface area contributed by atoms with Crippen molar-refractivity contribution < 1.29 is 14.3 Å². The standard InChI is InChI=1S/C20H18N2O4/c1-13-18(21-17-8-3-2-7-16(17)19(13)23)12-26-15-6-4-5-14(11-15)22-9-10-25-20(22)24/h2-8,11H,9-10,12H2,1H3,(H,21,23). The fourth-order valence-electron chi connectivity index (χ4n) is 3.05. The molecular weight excluding hydrogens is 332 g/mol. The summed E-state index contributed by atoms with van der Waals surface area (Å²) in [5, 5.41) is 0.670. The minimum absolute atomic E-state index is 0.00603. The Kier molecular flexibility index (Phi) is 4.08. The number of hydrogen-bond acceptors (Lipinski definition) is 4. The van der Waals surface area contributed by atoms with Gasteiger partial charge in [-0.1, -0.05) is 18.2 Å². The summed E-state index contributed by atoms with van der Waals surface area (Å²) >= 11 is 0. The summed E-state index contributed by atoms with van der Waals surface area (Å²) in [4.78, 5) is 29.0. The number of amides is 1. The molecule has 1 N–H and O–H groups in total. The molecule has 1 aliphatic heterocycles. The zero-order valence-electron chi connectivity index (χ0n) is 14.3. The molecule has 6 nitrogen and oxygen atoms in total. The maximum Gasteiger partial charge on any atom is 0.414 e. The molecule has 26 heavy (non-hydrogen) atoms. The molecule has 0 unspecified atom stereocenters. The molecule has 1 amide bonds. The van der Waals surface area contributed by atoms with E-state index in [2.05, 4.69) is 4.98 Å². The lowest BCUT2D eigenvalue weighted by atomic mass is 10.1. The summed E-state index contributed by atoms with van der Waals surface area (Å²) in [6.45, 7) is 2.95. The van der Waals surface area contributed by atoms with Gasteiger partial charge in [-0.15, -0.1) is 0 Å². The fourth-order valence-corrected chi connectivity index (χ4v) is 3.05. The van der Waals surface area contributed by atoms with Gasteiger partial charge in [0.15, 0.2) is 5.43 Å². The van der Waals surface area contributed by atoms with Crippen LogP contribution in [0.15, 0.2) is 53.3 Å². The van der Waals surface area contributed by atoms with Gasteiger partial charge in [0.2, 0.25) is 0 Å². The van der Waals surface area contributed by atoms with Crippen LogP contribution in [-0.4, -0.2) is 24.2 Å². The number of cyclic esters (lactones) is 1. The molecule has 0 aliphatic carbocycles. The lowest BCUT2D eigenvalue weighted by Gasteiger charge is -2.15. The molecule has 0 spiro atoms. The van der Waals surface area contributed by atoms with Crippen molar-refractivity contribution >= 4 is 22.7 Å². The number of aromatic nitrogens is 1. The van der Waals surface area contributed by atoms with Crippen molar-refractivity contribution in [3.05, 3.63) is 70.0 Å². The van der Waals surface area contributed by atoms with Gasteiger partial charge in [-0.3, -0.25) is 9.69 Å². The Hall–Kier alpha value is -3.28. The summed E-state index contributed by atoms with van der Waals surface area (Å²) < 4.78 is 10.8. The second-order valence-corrected chi connectivity index (χ2v) is 6.16. The van der Waals surface area contributed by atoms with Gasteiger partial charge in [-0.2, -0.15) is 0 Å². The Morgan fingerprint density at radius 3 is 2.81 bits per heavy atom. The number of fused-ring (bicyclic) bond motifs is 1. The highest BCUT2D eigenvalue weighted by molar-refractivity contribution is 5.89. The first-order valence-electron chi connectivity index (χ1n) is 8.41. The van der Waals surface area contributed by atoms with E-state index in [0.717, 1.165) is 16.9 Å². The molecule has 6 heteroatoms. The monoisotopic (exact) mass is 350 g/mol. The van der Waals surface area contributed by atoms with Crippen molar-refractivity contribution in [3.8, 4) is 5.75 Å². The number of anilines is 1. The van der Waals surface area contributed by atoms with E-state index in [-0.39, 0.29) is 18.1 Å². The van der Waals surface area contributed by atoms with E-state index in [0.29, 0.717) is 29.9 Å². The molecule has 0 atom stereocenters. The largest absolute Gasteiger partial charge is 0.487 e. The van der Waals surface area contributed by atoms with Gasteiger partial charge in [0.25, 0.3) is 0 Å². The minimum Gasteiger partial charge on any atom is -0.487 e. The van der Waals surface area contributed by atoms with Crippen LogP contribution in [0.5, 0.6) is 5.75 Å². The lowest BCUT2D eigenvalue weighted by Crippen LogP contribution is -2.23. The lowest BCUT2D eigenvalue weighted by molar-refractivity contribution is 0.181. The van der Waals surface area contributed by atoms with Crippen LogP contribution in [0.1, 0.15) is 11.3 Å². The number of ether oxygens (including phenoxy) is 2. The van der Waals surface area contributed by atoms with Crippen LogP contribution < -0.4 is 15.1 Å². The molecular formula is C20H18N2O4. The maximum absolute atomic E-state index is 12.5. The zero-order valence-corrected chi connectivity index (χ0v) is 14.3. The van der Waals surface area contributed by atoms with Crippen LogP contribution in [0.2, 0.25) is 0 Å². The number of benzene rings is 2. The van der Waals surface area contributed by atoms with E-state index >= 15 is 0 Å². The van der Waals surface area contributed by atoms with Gasteiger partial charge in [0.1, 0.15) is 19.0 Å². The van der Waals surface area contributed by atoms with E-state index < -0.39 is 0 Å². The van der Waals surface area contributed by atoms with E-state index in [1.807, 2.05) is 42.5 Å². The Morgan fingerprint density at radius 2 is 2.00 bits per heavy atom. The first kappa shape index (κ1) is 16.2. The van der Waals surface area contributed by atoms with Crippen molar-refractivity contribution in [2.24, 2.45) is 0 Å². The summed E-state index contributed by atoms with van der Waals surface area (Å²) in [5.74, 6) is 0.621. The third-order valence-corrected chi connectivity index (χ3v) is 4.52. The topological polar surface area (TPSA) is 71.6 Å². The smallest absolute Gasteiger partial charge is 0.414 e. The second kappa shape index (κ2) is 6.55. The molecule has 0 bridgehead atoms. The molecule has 3 aromatic rings. The predicted molar refractivity (Wildman–Crippen MR) is 98.8 cm³/mol. The quantitative estimate of drug-likeness (QED) is 0.783. The Bertz CT molecular complexity index is 1040. The van der Waals surface area contributed by atoms with E-state index in [9.17, 15) is 9.59 Å². The van der Waals surface area contributed by atoms with Gasteiger partial charge >= 0.3 is 6.09 Å². The number of carbonyl (C=O) groups excluding carboxylic acids is 1. The van der Waals surface area contributed by atoms with Gasteiger partial charge in [0, 0.05) is 22.5 Å². The molecule has 1 fully saturated rings. The number of pyridine rings is 1. The normalized spacial score (nSPS) is 13.9. The summed E-state index contributed by atoms with van der Waals surface area (Å²) in [6, 6.07) is 14.7. The molecule has 0 saturated carbocycles. The van der Waals surface area contributed by atoms with Gasteiger partial charge in [-0.05, 0) is 31.2 Å². The molecule has 132 valence electrons. The second-order valence-electron chi connectivity index (χ2n) is 6.16. The van der Waals surface area contributed by atoms with Crippen molar-refractivity contribution in [2.45, 2.75) is 13.5 Å². The summed E-state index contributed by atoms with van der Waals surface area (Å²) in [5.41, 5.74) is 2.90. The van der Waals surface area contributed by atoms with Crippen molar-refractivity contribution in [2.75, 3.05) is 18.1 Å². The van der Waals surface area contributed by atoms with Crippen LogP contribution in [0.25, 0.3) is 10.9 Å². The highest BCUT2D eigenvalue weighted by atomic mass is 16.6. The zero-order chi connectivity index (χ0) is 18.1. The van der Waals surface area contributed by atoms with Crippen molar-refractivity contribution in [3.63, 3.8) is 0 Å². The number of nitrogens with one attached hydrogen (secondary N) is 1. The SMILES string of the molecule is Cc1c(COc2cccc(N3CCOC3=O)c2)[nH]c2ccccc2c1=O. The Labute approximate surface area is 150 Å². The number of hydrogen-bond donors (Lipinski definition) is 1. The average molecular weight is 350 g/mol. The molecule has 1 saturated heterocycles. The maximum atomic E-state index is 12.5. The molecule has 2 heterocycles. The van der Waals surface area contributed by atoms with E-state index in [1.54, 1.807) is 17.9 Å². The average Bonchev–Trinajstić information content (AvgIpc) is 3.10. The van der Waals surface area contributed by atoms with Crippen LogP contribution in [0.3, 0.4) is 0 Å². The van der Waals surface area contributed by atoms with Crippen LogP contribution in [-0.2, 0) is 11.3 Å². The van der Waals surface area contributed by atoms with Crippen LogP contribution >= 0.6 is 0 Å². The molecule has 0 radical (unpaired) electrons. The summed E-state index contributed by atoms with van der Waals surface area (Å²) in [6.07, 6.45) is -0.350. The van der Waals surface area contributed by atoms with Gasteiger partial charge in [-0.25, -0.2) is 4.79 Å². The van der Waals surface area contributed by atoms with Crippen LogP contribution in [0.4, 0.5) is 10.5 Å². The van der Waals surface area contributed by atoms with E-state index in [4.69, 9.17) is 9.47 Å². The number of nitrogens with zero attached hydrogens (tertiary/aromatic N) is 1. The minimum atomic E-state index is -0.350. The fraction of sp³-hybridized carbons (Fsp3) is 0.200. The van der Waals surface area contributed by atoms with Crippen LogP contribution in [0, 0.1) is 6.92 Å². The third-order valence-electron chi connectivity index (χ3n) is 4.52. The predicted octanol–water partition coefficient (Wildman–Crippen LogP) is 3.37. The van der Waals surface area contributed by atoms with Crippen molar-refractivity contribution in [1.29, 1.82) is 0 Å². The highest BCUT2D eigenvalue weighted by Gasteiger charge is 2.23. The summed E-state index contributed by atoms with van der Waals surface area (Å²) in [7, 11) is 0. The third kappa shape index (κ3) is 2.90. The Balaban J connectivity index is 1.58. The first-order valence-corrected chi connectivity index (χ1v) is 8.41. The Morgan fingerprint density at radius 1 is 1.15 bits per heavy atom. The highest BCUT2D eigenvalue weighted by Crippen LogP contribution is 2.24. The van der Waals surface area contributed by atoms with Crippen molar-refractivity contribution in [1.82, 2.24) is 4.98 Å². The van der Waals surface area contributed by atoms with Gasteiger partial charge in [0.05, 0.1) is 17.9 Å². The number of carbonyl (C=O) groups is 1. The van der Waals surface area contributed by atoms with Gasteiger partial charge < -0.3 is 14.5 Å². The molecule has 1 aromatic heterocycles. The number of rotatable bonds is 4. The number of para-hydroxylation sites is 1. The van der Waals surface area contributed by atoms with E-state index in [1.165, 1.54) is 0 Å². The first-order chi connectivity index (χ1) is 12.6. The number of aromatic amines is 1. The number of H-pyrrole nitrogens is 1. The molecule has 1 aliphatic rings. The molecule has 4 rings (SSSR count).